The summed E-state index contributed by atoms with van der Waals surface area (Å²) < 4.78 is 7.20. The molecule has 0 bridgehead atoms. The highest BCUT2D eigenvalue weighted by Gasteiger charge is 2.13. The summed E-state index contributed by atoms with van der Waals surface area (Å²) in [7, 11) is 0. The molecule has 4 nitrogen and oxygen atoms in total. The minimum Gasteiger partial charge on any atom is -0.469 e. The molecule has 0 aliphatic rings. The Hall–Kier alpha value is -2.36. The number of nitrogens with zero attached hydrogens (tertiary/aromatic N) is 2. The van der Waals surface area contributed by atoms with E-state index in [2.05, 4.69) is 12.0 Å². The molecule has 2 heterocycles. The zero-order valence-electron chi connectivity index (χ0n) is 12.1. The molecule has 3 aromatic rings. The van der Waals surface area contributed by atoms with Crippen molar-refractivity contribution in [3.8, 4) is 0 Å². The first-order valence-corrected chi connectivity index (χ1v) is 7.26. The molecular weight excluding hydrogens is 264 g/mol. The fourth-order valence-electron chi connectivity index (χ4n) is 2.56. The molecule has 0 aliphatic carbocycles. The zero-order chi connectivity index (χ0) is 14.7. The molecule has 0 aliphatic heterocycles. The fourth-order valence-corrected chi connectivity index (χ4v) is 2.56. The Kier molecular flexibility index (Phi) is 3.86. The van der Waals surface area contributed by atoms with Gasteiger partial charge in [0, 0.05) is 24.8 Å². The Labute approximate surface area is 123 Å². The standard InChI is InChI=1S/C17H18N2O2/c1-2-19-17-8-4-3-7-15(17)16(18-19)12-13(20)9-10-14-6-5-11-21-14/h3-8,11H,2,9-10,12H2,1H3. The minimum atomic E-state index is 0.193. The summed E-state index contributed by atoms with van der Waals surface area (Å²) in [6.07, 6.45) is 3.16. The van der Waals surface area contributed by atoms with Crippen molar-refractivity contribution in [3.63, 3.8) is 0 Å². The van der Waals surface area contributed by atoms with Gasteiger partial charge in [0.25, 0.3) is 0 Å². The van der Waals surface area contributed by atoms with Crippen LogP contribution in [0.3, 0.4) is 0 Å². The van der Waals surface area contributed by atoms with Crippen LogP contribution in [0.15, 0.2) is 47.1 Å². The van der Waals surface area contributed by atoms with Gasteiger partial charge in [0.2, 0.25) is 0 Å². The SMILES string of the molecule is CCn1nc(CC(=O)CCc2ccco2)c2ccccc21. The maximum atomic E-state index is 12.2. The van der Waals surface area contributed by atoms with Crippen LogP contribution in [0.5, 0.6) is 0 Å². The number of ketones is 1. The van der Waals surface area contributed by atoms with Crippen LogP contribution < -0.4 is 0 Å². The van der Waals surface area contributed by atoms with Crippen LogP contribution in [-0.4, -0.2) is 15.6 Å². The predicted molar refractivity (Wildman–Crippen MR) is 81.1 cm³/mol. The van der Waals surface area contributed by atoms with Gasteiger partial charge in [-0.2, -0.15) is 5.10 Å². The van der Waals surface area contributed by atoms with E-state index in [1.165, 1.54) is 0 Å². The largest absolute Gasteiger partial charge is 0.469 e. The lowest BCUT2D eigenvalue weighted by atomic mass is 10.1. The number of para-hydroxylation sites is 1. The van der Waals surface area contributed by atoms with Crippen molar-refractivity contribution >= 4 is 16.7 Å². The molecule has 0 saturated carbocycles. The molecule has 4 heteroatoms. The highest BCUT2D eigenvalue weighted by Crippen LogP contribution is 2.19. The van der Waals surface area contributed by atoms with Crippen LogP contribution in [0.25, 0.3) is 10.9 Å². The van der Waals surface area contributed by atoms with Crippen molar-refractivity contribution in [2.75, 3.05) is 0 Å². The van der Waals surface area contributed by atoms with Gasteiger partial charge in [-0.1, -0.05) is 18.2 Å². The van der Waals surface area contributed by atoms with Crippen LogP contribution in [0.1, 0.15) is 24.8 Å². The number of hydrogen-bond acceptors (Lipinski definition) is 3. The topological polar surface area (TPSA) is 48.0 Å². The molecular formula is C17H18N2O2. The number of benzene rings is 1. The third kappa shape index (κ3) is 2.89. The quantitative estimate of drug-likeness (QED) is 0.696. The summed E-state index contributed by atoms with van der Waals surface area (Å²) in [6.45, 7) is 2.86. The second-order valence-electron chi connectivity index (χ2n) is 5.07. The van der Waals surface area contributed by atoms with Gasteiger partial charge in [-0.25, -0.2) is 0 Å². The molecule has 0 unspecified atom stereocenters. The van der Waals surface area contributed by atoms with E-state index in [9.17, 15) is 4.79 Å². The first kappa shape index (κ1) is 13.6. The van der Waals surface area contributed by atoms with Crippen molar-refractivity contribution < 1.29 is 9.21 Å². The molecule has 0 N–H and O–H groups in total. The lowest BCUT2D eigenvalue weighted by Crippen LogP contribution is -2.06. The van der Waals surface area contributed by atoms with E-state index < -0.39 is 0 Å². The molecule has 3 rings (SSSR count). The van der Waals surface area contributed by atoms with Gasteiger partial charge < -0.3 is 4.42 Å². The Balaban J connectivity index is 1.73. The zero-order valence-corrected chi connectivity index (χ0v) is 12.1. The molecule has 0 fully saturated rings. The number of aryl methyl sites for hydroxylation is 2. The van der Waals surface area contributed by atoms with Gasteiger partial charge in [-0.3, -0.25) is 9.48 Å². The van der Waals surface area contributed by atoms with Crippen molar-refractivity contribution in [1.82, 2.24) is 9.78 Å². The van der Waals surface area contributed by atoms with Crippen LogP contribution in [0, 0.1) is 0 Å². The van der Waals surface area contributed by atoms with Gasteiger partial charge in [-0.05, 0) is 25.1 Å². The average molecular weight is 282 g/mol. The van der Waals surface area contributed by atoms with Crippen LogP contribution in [0.4, 0.5) is 0 Å². The number of aromatic nitrogens is 2. The van der Waals surface area contributed by atoms with Crippen molar-refractivity contribution in [3.05, 3.63) is 54.1 Å². The second-order valence-corrected chi connectivity index (χ2v) is 5.07. The van der Waals surface area contributed by atoms with Gasteiger partial charge in [0.15, 0.2) is 0 Å². The number of carbonyl (C=O) groups is 1. The first-order chi connectivity index (χ1) is 10.3. The van der Waals surface area contributed by atoms with Gasteiger partial charge in [0.1, 0.15) is 11.5 Å². The third-order valence-electron chi connectivity index (χ3n) is 3.63. The summed E-state index contributed by atoms with van der Waals surface area (Å²) in [4.78, 5) is 12.2. The van der Waals surface area contributed by atoms with Crippen molar-refractivity contribution in [1.29, 1.82) is 0 Å². The Morgan fingerprint density at radius 1 is 1.24 bits per heavy atom. The molecule has 0 spiro atoms. The number of hydrogen-bond donors (Lipinski definition) is 0. The number of carbonyl (C=O) groups excluding carboxylic acids is 1. The molecule has 0 saturated heterocycles. The molecule has 0 radical (unpaired) electrons. The Bertz CT molecular complexity index is 741. The summed E-state index contributed by atoms with van der Waals surface area (Å²) in [5.41, 5.74) is 1.96. The third-order valence-corrected chi connectivity index (χ3v) is 3.63. The molecule has 21 heavy (non-hydrogen) atoms. The highest BCUT2D eigenvalue weighted by atomic mass is 16.3. The van der Waals surface area contributed by atoms with E-state index >= 15 is 0 Å². The predicted octanol–water partition coefficient (Wildman–Crippen LogP) is 3.39. The van der Waals surface area contributed by atoms with Gasteiger partial charge >= 0.3 is 0 Å². The summed E-state index contributed by atoms with van der Waals surface area (Å²) >= 11 is 0. The van der Waals surface area contributed by atoms with E-state index in [-0.39, 0.29) is 5.78 Å². The fraction of sp³-hybridized carbons (Fsp3) is 0.294. The molecule has 2 aromatic heterocycles. The molecule has 1 aromatic carbocycles. The lowest BCUT2D eigenvalue weighted by molar-refractivity contribution is -0.118. The normalized spacial score (nSPS) is 11.1. The molecule has 0 atom stereocenters. The van der Waals surface area contributed by atoms with Crippen LogP contribution in [0.2, 0.25) is 0 Å². The number of Topliss-reactive ketones (excluding diaryl/α,β-unsaturated/α-hetero) is 1. The van der Waals surface area contributed by atoms with E-state index in [0.29, 0.717) is 19.3 Å². The Morgan fingerprint density at radius 2 is 2.10 bits per heavy atom. The van der Waals surface area contributed by atoms with Gasteiger partial charge in [0.05, 0.1) is 23.9 Å². The number of rotatable bonds is 6. The summed E-state index contributed by atoms with van der Waals surface area (Å²) in [6, 6.07) is 11.8. The smallest absolute Gasteiger partial charge is 0.139 e. The average Bonchev–Trinajstić information content (AvgIpc) is 3.13. The van der Waals surface area contributed by atoms with Crippen LogP contribution >= 0.6 is 0 Å². The molecule has 108 valence electrons. The lowest BCUT2D eigenvalue weighted by Gasteiger charge is -1.98. The van der Waals surface area contributed by atoms with Crippen molar-refractivity contribution in [2.24, 2.45) is 0 Å². The van der Waals surface area contributed by atoms with E-state index in [0.717, 1.165) is 28.9 Å². The van der Waals surface area contributed by atoms with E-state index in [1.807, 2.05) is 41.1 Å². The second kappa shape index (κ2) is 5.95. The summed E-state index contributed by atoms with van der Waals surface area (Å²) in [5, 5.41) is 5.64. The van der Waals surface area contributed by atoms with Crippen LogP contribution in [-0.2, 0) is 24.2 Å². The van der Waals surface area contributed by atoms with Gasteiger partial charge in [-0.15, -0.1) is 0 Å². The van der Waals surface area contributed by atoms with E-state index in [4.69, 9.17) is 4.42 Å². The maximum Gasteiger partial charge on any atom is 0.139 e. The first-order valence-electron chi connectivity index (χ1n) is 7.26. The highest BCUT2D eigenvalue weighted by molar-refractivity contribution is 5.88. The minimum absolute atomic E-state index is 0.193. The summed E-state index contributed by atoms with van der Waals surface area (Å²) in [5.74, 6) is 1.05. The monoisotopic (exact) mass is 282 g/mol. The maximum absolute atomic E-state index is 12.2. The number of fused-ring (bicyclic) bond motifs is 1. The van der Waals surface area contributed by atoms with Crippen molar-refractivity contribution in [2.45, 2.75) is 32.7 Å². The molecule has 0 amide bonds. The Morgan fingerprint density at radius 3 is 2.86 bits per heavy atom. The van der Waals surface area contributed by atoms with E-state index in [1.54, 1.807) is 6.26 Å². The number of furan rings is 1.